The van der Waals surface area contributed by atoms with Gasteiger partial charge in [0.15, 0.2) is 0 Å². The molecule has 0 radical (unpaired) electrons. The molecular weight excluding hydrogens is 338 g/mol. The van der Waals surface area contributed by atoms with Gasteiger partial charge in [0.2, 0.25) is 11.9 Å². The van der Waals surface area contributed by atoms with Crippen molar-refractivity contribution < 1.29 is 4.79 Å². The summed E-state index contributed by atoms with van der Waals surface area (Å²) in [6.45, 7) is 5.42. The fraction of sp³-hybridized carbons (Fsp3) is 0.389. The van der Waals surface area contributed by atoms with Crippen LogP contribution in [0.3, 0.4) is 0 Å². The Morgan fingerprint density at radius 3 is 2.56 bits per heavy atom. The van der Waals surface area contributed by atoms with Crippen LogP contribution in [0.2, 0.25) is 5.02 Å². The molecule has 0 unspecified atom stereocenters. The van der Waals surface area contributed by atoms with Gasteiger partial charge in [-0.1, -0.05) is 23.7 Å². The molecule has 1 amide bonds. The largest absolute Gasteiger partial charge is 0.354 e. The van der Waals surface area contributed by atoms with Gasteiger partial charge in [-0.15, -0.1) is 0 Å². The number of hydrogen-bond donors (Lipinski definition) is 1. The summed E-state index contributed by atoms with van der Waals surface area (Å²) >= 11 is 5.90. The van der Waals surface area contributed by atoms with E-state index in [-0.39, 0.29) is 5.91 Å². The van der Waals surface area contributed by atoms with Crippen LogP contribution in [0.1, 0.15) is 12.5 Å². The monoisotopic (exact) mass is 359 g/mol. The maximum Gasteiger partial charge on any atom is 0.224 e. The number of halogens is 1. The zero-order valence-corrected chi connectivity index (χ0v) is 15.0. The normalized spacial score (nSPS) is 14.5. The number of rotatable bonds is 5. The van der Waals surface area contributed by atoms with Crippen LogP contribution < -0.4 is 10.2 Å². The molecule has 0 aliphatic carbocycles. The van der Waals surface area contributed by atoms with E-state index in [9.17, 15) is 4.79 Å². The van der Waals surface area contributed by atoms with Crippen molar-refractivity contribution in [2.75, 3.05) is 42.9 Å². The van der Waals surface area contributed by atoms with Crippen molar-refractivity contribution in [3.63, 3.8) is 0 Å². The van der Waals surface area contributed by atoms with E-state index < -0.39 is 0 Å². The lowest BCUT2D eigenvalue weighted by Gasteiger charge is -2.34. The highest BCUT2D eigenvalue weighted by atomic mass is 35.5. The number of hydrogen-bond acceptors (Lipinski definition) is 5. The summed E-state index contributed by atoms with van der Waals surface area (Å²) < 4.78 is 0. The number of benzene rings is 1. The third-order valence-corrected chi connectivity index (χ3v) is 4.55. The van der Waals surface area contributed by atoms with Gasteiger partial charge in [-0.2, -0.15) is 4.98 Å². The summed E-state index contributed by atoms with van der Waals surface area (Å²) in [5.74, 6) is 1.65. The number of anilines is 2. The topological polar surface area (TPSA) is 61.4 Å². The third-order valence-electron chi connectivity index (χ3n) is 4.30. The van der Waals surface area contributed by atoms with E-state index in [1.54, 1.807) is 13.1 Å². The highest BCUT2D eigenvalue weighted by Crippen LogP contribution is 2.15. The minimum Gasteiger partial charge on any atom is -0.354 e. The summed E-state index contributed by atoms with van der Waals surface area (Å²) in [5, 5.41) is 4.02. The Bertz CT molecular complexity index is 714. The SMILES string of the molecule is CC(=O)N1CCN(c2ccnc(NCCc3ccc(Cl)cc3)n2)CC1. The molecule has 6 nitrogen and oxygen atoms in total. The van der Waals surface area contributed by atoms with Crippen molar-refractivity contribution in [3.05, 3.63) is 47.1 Å². The molecule has 1 saturated heterocycles. The van der Waals surface area contributed by atoms with Crippen molar-refractivity contribution in [2.45, 2.75) is 13.3 Å². The molecule has 0 atom stereocenters. The van der Waals surface area contributed by atoms with Crippen LogP contribution >= 0.6 is 11.6 Å². The molecule has 1 aromatic carbocycles. The number of carbonyl (C=O) groups excluding carboxylic acids is 1. The fourth-order valence-electron chi connectivity index (χ4n) is 2.83. The fourth-order valence-corrected chi connectivity index (χ4v) is 2.96. The lowest BCUT2D eigenvalue weighted by atomic mass is 10.1. The highest BCUT2D eigenvalue weighted by molar-refractivity contribution is 6.30. The average Bonchev–Trinajstić information content (AvgIpc) is 2.64. The van der Waals surface area contributed by atoms with Gasteiger partial charge in [0, 0.05) is 50.9 Å². The van der Waals surface area contributed by atoms with Crippen molar-refractivity contribution in [3.8, 4) is 0 Å². The molecule has 2 heterocycles. The maximum atomic E-state index is 11.4. The van der Waals surface area contributed by atoms with Crippen LogP contribution in [0, 0.1) is 0 Å². The van der Waals surface area contributed by atoms with Crippen LogP contribution in [0.15, 0.2) is 36.5 Å². The Morgan fingerprint density at radius 1 is 1.16 bits per heavy atom. The van der Waals surface area contributed by atoms with Gasteiger partial charge in [-0.3, -0.25) is 4.79 Å². The van der Waals surface area contributed by atoms with E-state index in [1.807, 2.05) is 35.2 Å². The summed E-state index contributed by atoms with van der Waals surface area (Å²) in [4.78, 5) is 24.3. The molecule has 1 fully saturated rings. The van der Waals surface area contributed by atoms with E-state index in [0.717, 1.165) is 50.0 Å². The maximum absolute atomic E-state index is 11.4. The first-order chi connectivity index (χ1) is 12.1. The molecule has 132 valence electrons. The summed E-state index contributed by atoms with van der Waals surface area (Å²) in [6.07, 6.45) is 2.65. The molecule has 1 N–H and O–H groups in total. The third kappa shape index (κ3) is 4.82. The van der Waals surface area contributed by atoms with E-state index in [0.29, 0.717) is 5.95 Å². The van der Waals surface area contributed by atoms with E-state index in [2.05, 4.69) is 20.2 Å². The molecule has 7 heteroatoms. The van der Waals surface area contributed by atoms with Crippen LogP contribution in [-0.2, 0) is 11.2 Å². The number of aromatic nitrogens is 2. The second-order valence-electron chi connectivity index (χ2n) is 6.03. The molecule has 2 aromatic rings. The van der Waals surface area contributed by atoms with E-state index in [1.165, 1.54) is 5.56 Å². The van der Waals surface area contributed by atoms with Gasteiger partial charge in [0.25, 0.3) is 0 Å². The quantitative estimate of drug-likeness (QED) is 0.888. The molecule has 25 heavy (non-hydrogen) atoms. The first kappa shape index (κ1) is 17.5. The van der Waals surface area contributed by atoms with Gasteiger partial charge < -0.3 is 15.1 Å². The minimum absolute atomic E-state index is 0.131. The van der Waals surface area contributed by atoms with E-state index in [4.69, 9.17) is 11.6 Å². The molecular formula is C18H22ClN5O. The first-order valence-corrected chi connectivity index (χ1v) is 8.81. The summed E-state index contributed by atoms with van der Waals surface area (Å²) in [5.41, 5.74) is 1.22. The second kappa shape index (κ2) is 8.16. The molecule has 1 aliphatic rings. The standard InChI is InChI=1S/C18H22ClN5O/c1-14(25)23-10-12-24(13-11-23)17-7-9-21-18(22-17)20-8-6-15-2-4-16(19)5-3-15/h2-5,7,9H,6,8,10-13H2,1H3,(H,20,21,22). The van der Waals surface area contributed by atoms with Gasteiger partial charge in [-0.05, 0) is 30.2 Å². The number of piperazine rings is 1. The van der Waals surface area contributed by atoms with Crippen molar-refractivity contribution in [1.29, 1.82) is 0 Å². The van der Waals surface area contributed by atoms with Crippen LogP contribution in [0.25, 0.3) is 0 Å². The summed E-state index contributed by atoms with van der Waals surface area (Å²) in [6, 6.07) is 9.75. The van der Waals surface area contributed by atoms with Gasteiger partial charge in [-0.25, -0.2) is 4.98 Å². The number of carbonyl (C=O) groups is 1. The zero-order valence-electron chi connectivity index (χ0n) is 14.3. The molecule has 0 spiro atoms. The second-order valence-corrected chi connectivity index (χ2v) is 6.47. The number of nitrogens with zero attached hydrogens (tertiary/aromatic N) is 4. The van der Waals surface area contributed by atoms with Crippen molar-refractivity contribution >= 4 is 29.3 Å². The van der Waals surface area contributed by atoms with Crippen LogP contribution in [0.4, 0.5) is 11.8 Å². The number of amides is 1. The lowest BCUT2D eigenvalue weighted by molar-refractivity contribution is -0.129. The first-order valence-electron chi connectivity index (χ1n) is 8.43. The lowest BCUT2D eigenvalue weighted by Crippen LogP contribution is -2.48. The molecule has 1 aliphatic heterocycles. The molecule has 1 aromatic heterocycles. The number of nitrogens with one attached hydrogen (secondary N) is 1. The van der Waals surface area contributed by atoms with Crippen LogP contribution in [-0.4, -0.2) is 53.5 Å². The molecule has 0 saturated carbocycles. The minimum atomic E-state index is 0.131. The Hall–Kier alpha value is -2.34. The molecule has 0 bridgehead atoms. The predicted molar refractivity (Wildman–Crippen MR) is 100 cm³/mol. The van der Waals surface area contributed by atoms with Gasteiger partial charge in [0.05, 0.1) is 0 Å². The summed E-state index contributed by atoms with van der Waals surface area (Å²) in [7, 11) is 0. The van der Waals surface area contributed by atoms with Gasteiger partial charge >= 0.3 is 0 Å². The predicted octanol–water partition coefficient (Wildman–Crippen LogP) is 2.45. The Balaban J connectivity index is 1.53. The van der Waals surface area contributed by atoms with E-state index >= 15 is 0 Å². The van der Waals surface area contributed by atoms with Gasteiger partial charge in [0.1, 0.15) is 5.82 Å². The molecule has 3 rings (SSSR count). The highest BCUT2D eigenvalue weighted by Gasteiger charge is 2.19. The van der Waals surface area contributed by atoms with Crippen molar-refractivity contribution in [1.82, 2.24) is 14.9 Å². The van der Waals surface area contributed by atoms with Crippen LogP contribution in [0.5, 0.6) is 0 Å². The van der Waals surface area contributed by atoms with Crippen molar-refractivity contribution in [2.24, 2.45) is 0 Å². The Kier molecular flexibility index (Phi) is 5.71. The zero-order chi connectivity index (χ0) is 17.6. The Labute approximate surface area is 152 Å². The average molecular weight is 360 g/mol. The smallest absolute Gasteiger partial charge is 0.224 e. The Morgan fingerprint density at radius 2 is 1.88 bits per heavy atom.